The first-order valence-corrected chi connectivity index (χ1v) is 14.1. The van der Waals surface area contributed by atoms with Gasteiger partial charge in [0, 0.05) is 44.0 Å². The smallest absolute Gasteiger partial charge is 0.408 e. The number of carbonyl (C=O) groups excluding carboxylic acids is 2. The highest BCUT2D eigenvalue weighted by Gasteiger charge is 2.59. The van der Waals surface area contributed by atoms with E-state index < -0.39 is 35.1 Å². The van der Waals surface area contributed by atoms with Gasteiger partial charge in [0.2, 0.25) is 5.79 Å². The number of rotatable bonds is 9. The van der Waals surface area contributed by atoms with E-state index in [1.165, 1.54) is 0 Å². The highest BCUT2D eigenvalue weighted by atomic mass is 32.2. The number of thioether (sulfide) groups is 1. The van der Waals surface area contributed by atoms with Crippen LogP contribution in [0.4, 0.5) is 4.79 Å². The third-order valence-corrected chi connectivity index (χ3v) is 7.33. The van der Waals surface area contributed by atoms with Gasteiger partial charge in [-0.15, -0.1) is 0 Å². The molecule has 3 rings (SSSR count). The molecule has 2 aliphatic rings. The monoisotopic (exact) mass is 522 g/mol. The zero-order valence-corrected chi connectivity index (χ0v) is 23.5. The fourth-order valence-corrected chi connectivity index (χ4v) is 5.49. The van der Waals surface area contributed by atoms with E-state index in [9.17, 15) is 9.59 Å². The molecule has 1 aliphatic heterocycles. The molecule has 0 spiro atoms. The van der Waals surface area contributed by atoms with Crippen molar-refractivity contribution >= 4 is 23.8 Å². The van der Waals surface area contributed by atoms with Gasteiger partial charge in [-0.2, -0.15) is 11.8 Å². The number of hydrogen-bond donors (Lipinski definition) is 1. The van der Waals surface area contributed by atoms with E-state index in [0.29, 0.717) is 11.4 Å². The number of esters is 1. The van der Waals surface area contributed by atoms with Gasteiger partial charge < -0.3 is 24.3 Å². The summed E-state index contributed by atoms with van der Waals surface area (Å²) in [4.78, 5) is 30.7. The van der Waals surface area contributed by atoms with Gasteiger partial charge in [-0.1, -0.05) is 13.8 Å². The molecule has 1 aromatic rings. The second-order valence-electron chi connectivity index (χ2n) is 11.3. The molecule has 2 fully saturated rings. The summed E-state index contributed by atoms with van der Waals surface area (Å²) in [5, 5.41) is 2.90. The van der Waals surface area contributed by atoms with Crippen molar-refractivity contribution in [3.8, 4) is 5.75 Å². The molecule has 1 N–H and O–H groups in total. The summed E-state index contributed by atoms with van der Waals surface area (Å²) in [6, 6.07) is 3.01. The standard InChI is InChI=1S/C27H42N2O6S/c1-8-36-17-22(29-24(31)34-25(3,4)5)27(23(30)33-26(6,7)35-27)16-19-15-21(13-14-28-19)32-20-11-9-18(2)10-12-20/h13-15,18,20,22H,8-12,16-17H2,1-7H3,(H,29,31)/t18?,20?,22-,27+/m0/s1. The summed E-state index contributed by atoms with van der Waals surface area (Å²) in [6.07, 6.45) is 5.76. The molecule has 0 unspecified atom stereocenters. The van der Waals surface area contributed by atoms with E-state index in [4.69, 9.17) is 18.9 Å². The predicted octanol–water partition coefficient (Wildman–Crippen LogP) is 5.28. The van der Waals surface area contributed by atoms with Crippen molar-refractivity contribution in [3.05, 3.63) is 24.0 Å². The average molecular weight is 523 g/mol. The number of nitrogens with zero attached hydrogens (tertiary/aromatic N) is 1. The van der Waals surface area contributed by atoms with Gasteiger partial charge in [-0.3, -0.25) is 4.98 Å². The lowest BCUT2D eigenvalue weighted by Crippen LogP contribution is -2.60. The molecule has 36 heavy (non-hydrogen) atoms. The van der Waals surface area contributed by atoms with Crippen LogP contribution in [0.2, 0.25) is 0 Å². The molecule has 1 saturated heterocycles. The van der Waals surface area contributed by atoms with E-state index in [-0.39, 0.29) is 12.5 Å². The Hall–Kier alpha value is -2.00. The molecule has 202 valence electrons. The zero-order valence-electron chi connectivity index (χ0n) is 22.7. The van der Waals surface area contributed by atoms with Crippen LogP contribution in [0.5, 0.6) is 5.75 Å². The molecule has 1 aromatic heterocycles. The third kappa shape index (κ3) is 7.75. The van der Waals surface area contributed by atoms with Gasteiger partial charge in [0.05, 0.1) is 12.1 Å². The molecule has 1 saturated carbocycles. The molecule has 2 atom stereocenters. The Bertz CT molecular complexity index is 910. The number of nitrogens with one attached hydrogen (secondary N) is 1. The van der Waals surface area contributed by atoms with Gasteiger partial charge in [-0.05, 0) is 64.2 Å². The maximum absolute atomic E-state index is 13.4. The van der Waals surface area contributed by atoms with Crippen LogP contribution in [0.15, 0.2) is 18.3 Å². The molecule has 0 bridgehead atoms. The van der Waals surface area contributed by atoms with Crippen molar-refractivity contribution in [2.24, 2.45) is 5.92 Å². The maximum Gasteiger partial charge on any atom is 0.408 e. The molecule has 0 aromatic carbocycles. The lowest BCUT2D eigenvalue weighted by atomic mass is 9.88. The molecule has 1 aliphatic carbocycles. The number of hydrogen-bond acceptors (Lipinski definition) is 8. The number of alkyl carbamates (subject to hydrolysis) is 1. The van der Waals surface area contributed by atoms with Crippen molar-refractivity contribution in [1.29, 1.82) is 0 Å². The van der Waals surface area contributed by atoms with Gasteiger partial charge in [0.25, 0.3) is 0 Å². The van der Waals surface area contributed by atoms with Crippen LogP contribution in [0.25, 0.3) is 0 Å². The normalized spacial score (nSPS) is 26.7. The highest BCUT2D eigenvalue weighted by Crippen LogP contribution is 2.39. The fraction of sp³-hybridized carbons (Fsp3) is 0.741. The van der Waals surface area contributed by atoms with E-state index in [1.807, 2.05) is 19.1 Å². The summed E-state index contributed by atoms with van der Waals surface area (Å²) < 4.78 is 23.7. The molecule has 8 nitrogen and oxygen atoms in total. The number of amides is 1. The molecule has 0 radical (unpaired) electrons. The minimum absolute atomic E-state index is 0.124. The van der Waals surface area contributed by atoms with E-state index in [2.05, 4.69) is 17.2 Å². The Balaban J connectivity index is 1.87. The maximum atomic E-state index is 13.4. The van der Waals surface area contributed by atoms with Crippen molar-refractivity contribution < 1.29 is 28.5 Å². The van der Waals surface area contributed by atoms with Crippen LogP contribution in [0, 0.1) is 5.92 Å². The Morgan fingerprint density at radius 3 is 2.56 bits per heavy atom. The van der Waals surface area contributed by atoms with Crippen LogP contribution in [0.3, 0.4) is 0 Å². The Morgan fingerprint density at radius 1 is 1.28 bits per heavy atom. The first-order valence-electron chi connectivity index (χ1n) is 12.9. The van der Waals surface area contributed by atoms with Crippen molar-refractivity contribution in [2.75, 3.05) is 11.5 Å². The van der Waals surface area contributed by atoms with Crippen LogP contribution >= 0.6 is 11.8 Å². The predicted molar refractivity (Wildman–Crippen MR) is 140 cm³/mol. The summed E-state index contributed by atoms with van der Waals surface area (Å²) in [5.74, 6) is 1.04. The zero-order chi connectivity index (χ0) is 26.6. The number of pyridine rings is 1. The van der Waals surface area contributed by atoms with Crippen molar-refractivity contribution in [1.82, 2.24) is 10.3 Å². The first kappa shape index (κ1) is 28.6. The van der Waals surface area contributed by atoms with Gasteiger partial charge in [0.15, 0.2) is 5.60 Å². The second-order valence-corrected chi connectivity index (χ2v) is 12.6. The largest absolute Gasteiger partial charge is 0.490 e. The SMILES string of the molecule is CCSC[C@H](NC(=O)OC(C)(C)C)[C@@]1(Cc2cc(OC3CCC(C)CC3)ccn2)OC(C)(C)OC1=O. The average Bonchev–Trinajstić information content (AvgIpc) is 3.00. The number of aromatic nitrogens is 1. The summed E-state index contributed by atoms with van der Waals surface area (Å²) in [6.45, 7) is 13.1. The van der Waals surface area contributed by atoms with Crippen molar-refractivity contribution in [3.63, 3.8) is 0 Å². The highest BCUT2D eigenvalue weighted by molar-refractivity contribution is 7.99. The molecule has 2 heterocycles. The minimum Gasteiger partial charge on any atom is -0.490 e. The summed E-state index contributed by atoms with van der Waals surface area (Å²) in [7, 11) is 0. The van der Waals surface area contributed by atoms with E-state index >= 15 is 0 Å². The van der Waals surface area contributed by atoms with Gasteiger partial charge in [-0.25, -0.2) is 9.59 Å². The Kier molecular flexibility index (Phi) is 9.20. The van der Waals surface area contributed by atoms with E-state index in [0.717, 1.165) is 43.1 Å². The molecular formula is C27H42N2O6S. The molecule has 9 heteroatoms. The van der Waals surface area contributed by atoms with Crippen LogP contribution in [-0.2, 0) is 25.4 Å². The number of cyclic esters (lactones) is 1. The molecular weight excluding hydrogens is 480 g/mol. The minimum atomic E-state index is -1.46. The number of carbonyl (C=O) groups is 2. The lowest BCUT2D eigenvalue weighted by Gasteiger charge is -2.35. The fourth-order valence-electron chi connectivity index (χ4n) is 4.67. The summed E-state index contributed by atoms with van der Waals surface area (Å²) >= 11 is 1.60. The topological polar surface area (TPSA) is 96.0 Å². The molecule has 1 amide bonds. The quantitative estimate of drug-likeness (QED) is 0.438. The summed E-state index contributed by atoms with van der Waals surface area (Å²) in [5.41, 5.74) is -1.52. The third-order valence-electron chi connectivity index (χ3n) is 6.35. The van der Waals surface area contributed by atoms with Crippen LogP contribution in [-0.4, -0.2) is 57.7 Å². The van der Waals surface area contributed by atoms with Crippen LogP contribution in [0.1, 0.15) is 79.8 Å². The Morgan fingerprint density at radius 2 is 1.97 bits per heavy atom. The van der Waals surface area contributed by atoms with Crippen molar-refractivity contribution in [2.45, 2.75) is 110 Å². The van der Waals surface area contributed by atoms with Gasteiger partial charge >= 0.3 is 12.1 Å². The number of ether oxygens (including phenoxy) is 4. The first-order chi connectivity index (χ1) is 16.8. The van der Waals surface area contributed by atoms with Crippen LogP contribution < -0.4 is 10.1 Å². The van der Waals surface area contributed by atoms with E-state index in [1.54, 1.807) is 52.6 Å². The second kappa shape index (κ2) is 11.6. The Labute approximate surface area is 219 Å². The lowest BCUT2D eigenvalue weighted by molar-refractivity contribution is -0.169. The van der Waals surface area contributed by atoms with Gasteiger partial charge in [0.1, 0.15) is 11.4 Å².